The van der Waals surface area contributed by atoms with E-state index in [0.717, 1.165) is 114 Å². The average molecular weight is 1280 g/mol. The maximum atomic E-state index is 13.0. The Morgan fingerprint density at radius 3 is 0.874 bits per heavy atom. The molecule has 0 fully saturated rings. The van der Waals surface area contributed by atoms with Gasteiger partial charge in [-0.2, -0.15) is 0 Å². The number of hydrogen-bond acceptors (Lipinski definition) is 15. The highest BCUT2D eigenvalue weighted by molar-refractivity contribution is 7.47. The van der Waals surface area contributed by atoms with Gasteiger partial charge in [-0.1, -0.05) is 286 Å². The smallest absolute Gasteiger partial charge is 0.462 e. The molecule has 0 bridgehead atoms. The summed E-state index contributed by atoms with van der Waals surface area (Å²) in [5, 5.41) is 10.6. The van der Waals surface area contributed by atoms with Gasteiger partial charge in [-0.25, -0.2) is 9.13 Å². The summed E-state index contributed by atoms with van der Waals surface area (Å²) in [7, 11) is -9.90. The highest BCUT2D eigenvalue weighted by Gasteiger charge is 2.30. The summed E-state index contributed by atoms with van der Waals surface area (Å²) in [4.78, 5) is 72.4. The molecule has 0 aromatic heterocycles. The normalized spacial score (nSPS) is 14.9. The molecule has 87 heavy (non-hydrogen) atoms. The summed E-state index contributed by atoms with van der Waals surface area (Å²) in [5.41, 5.74) is 0. The van der Waals surface area contributed by atoms with Crippen molar-refractivity contribution in [2.24, 2.45) is 17.8 Å². The van der Waals surface area contributed by atoms with Crippen molar-refractivity contribution in [2.75, 3.05) is 39.6 Å². The fourth-order valence-corrected chi connectivity index (χ4v) is 11.7. The third-order valence-corrected chi connectivity index (χ3v) is 18.3. The van der Waals surface area contributed by atoms with Crippen LogP contribution in [-0.2, 0) is 65.4 Å². The molecule has 4 unspecified atom stereocenters. The standard InChI is InChI=1S/C68H132O17P2/c1-8-11-12-13-14-15-16-17-21-27-35-42-49-65(70)78-55-63(84-67(72)51-44-37-28-22-19-18-20-26-33-40-47-60(6)9-2)57-82-86(74,75)80-53-62(69)54-81-87(76,77)83-58-64(56-79-66(71)50-43-36-31-30-34-41-48-61(7)10-3)85-68(73)52-45-38-29-24-23-25-32-39-46-59(4)5/h59-64,69H,8-58H2,1-7H3,(H,74,75)(H,76,77)/t60?,61?,62-,63-,64-/m1/s1. The highest BCUT2D eigenvalue weighted by atomic mass is 31.2. The molecule has 17 nitrogen and oxygen atoms in total. The van der Waals surface area contributed by atoms with Crippen LogP contribution in [0.5, 0.6) is 0 Å². The Bertz CT molecular complexity index is 1720. The van der Waals surface area contributed by atoms with Gasteiger partial charge in [0, 0.05) is 25.7 Å². The van der Waals surface area contributed by atoms with Gasteiger partial charge in [-0.3, -0.25) is 37.3 Å². The van der Waals surface area contributed by atoms with Crippen molar-refractivity contribution in [3.63, 3.8) is 0 Å². The molecule has 0 radical (unpaired) electrons. The first kappa shape index (κ1) is 85.1. The van der Waals surface area contributed by atoms with Crippen LogP contribution in [0.3, 0.4) is 0 Å². The van der Waals surface area contributed by atoms with Gasteiger partial charge in [0.1, 0.15) is 19.3 Å². The molecule has 0 aliphatic rings. The van der Waals surface area contributed by atoms with Gasteiger partial charge >= 0.3 is 39.5 Å². The van der Waals surface area contributed by atoms with E-state index in [9.17, 15) is 43.2 Å². The molecule has 19 heteroatoms. The molecule has 0 aliphatic carbocycles. The molecular weight excluding hydrogens is 1150 g/mol. The van der Waals surface area contributed by atoms with Crippen LogP contribution in [0.2, 0.25) is 0 Å². The van der Waals surface area contributed by atoms with Gasteiger partial charge in [0.25, 0.3) is 0 Å². The van der Waals surface area contributed by atoms with Gasteiger partial charge in [-0.15, -0.1) is 0 Å². The van der Waals surface area contributed by atoms with Crippen LogP contribution in [0.15, 0.2) is 0 Å². The molecule has 0 amide bonds. The van der Waals surface area contributed by atoms with Crippen LogP contribution in [-0.4, -0.2) is 96.7 Å². The fourth-order valence-electron chi connectivity index (χ4n) is 10.1. The molecule has 0 aromatic carbocycles. The second-order valence-corrected chi connectivity index (χ2v) is 28.4. The number of aliphatic hydroxyl groups is 1. The topological polar surface area (TPSA) is 237 Å². The molecule has 0 saturated carbocycles. The van der Waals surface area contributed by atoms with Crippen LogP contribution in [0, 0.1) is 17.8 Å². The van der Waals surface area contributed by atoms with Crippen LogP contribution in [0.25, 0.3) is 0 Å². The largest absolute Gasteiger partial charge is 0.472 e. The zero-order valence-corrected chi connectivity index (χ0v) is 58.3. The SMILES string of the molecule is CCCCCCCCCCCCCCC(=O)OC[C@H](COP(=O)(O)OC[C@@H](O)COP(=O)(O)OC[C@@H](COC(=O)CCCCCCCCC(C)CC)OC(=O)CCCCCCCCCCC(C)C)OC(=O)CCCCCCCCCCCCC(C)CC. The third-order valence-electron chi connectivity index (χ3n) is 16.4. The molecular formula is C68H132O17P2. The Labute approximate surface area is 530 Å². The predicted octanol–water partition coefficient (Wildman–Crippen LogP) is 19.1. The van der Waals surface area contributed by atoms with E-state index in [2.05, 4.69) is 48.5 Å². The van der Waals surface area contributed by atoms with E-state index in [-0.39, 0.29) is 25.7 Å². The van der Waals surface area contributed by atoms with Crippen LogP contribution in [0.1, 0.15) is 337 Å². The Morgan fingerprint density at radius 2 is 0.586 bits per heavy atom. The van der Waals surface area contributed by atoms with Crippen LogP contribution in [0.4, 0.5) is 0 Å². The van der Waals surface area contributed by atoms with Crippen molar-refractivity contribution in [1.29, 1.82) is 0 Å². The minimum atomic E-state index is -4.95. The number of hydrogen-bond donors (Lipinski definition) is 3. The van der Waals surface area contributed by atoms with Crippen molar-refractivity contribution in [3.05, 3.63) is 0 Å². The lowest BCUT2D eigenvalue weighted by molar-refractivity contribution is -0.161. The van der Waals surface area contributed by atoms with Crippen LogP contribution < -0.4 is 0 Å². The van der Waals surface area contributed by atoms with E-state index < -0.39 is 97.5 Å². The number of aliphatic hydroxyl groups excluding tert-OH is 1. The number of carbonyl (C=O) groups excluding carboxylic acids is 4. The monoisotopic (exact) mass is 1280 g/mol. The lowest BCUT2D eigenvalue weighted by Gasteiger charge is -2.21. The molecule has 0 heterocycles. The Balaban J connectivity index is 5.27. The number of unbranched alkanes of at least 4 members (excludes halogenated alkanes) is 32. The van der Waals surface area contributed by atoms with E-state index in [1.54, 1.807) is 0 Å². The van der Waals surface area contributed by atoms with Gasteiger partial charge < -0.3 is 33.8 Å². The van der Waals surface area contributed by atoms with E-state index in [4.69, 9.17) is 37.0 Å². The summed E-state index contributed by atoms with van der Waals surface area (Å²) in [5.74, 6) is 0.121. The molecule has 516 valence electrons. The molecule has 7 atom stereocenters. The van der Waals surface area contributed by atoms with Crippen molar-refractivity contribution in [1.82, 2.24) is 0 Å². The first-order valence-corrected chi connectivity index (χ1v) is 38.4. The number of phosphoric acid groups is 2. The van der Waals surface area contributed by atoms with E-state index in [1.165, 1.54) is 141 Å². The minimum Gasteiger partial charge on any atom is -0.462 e. The maximum absolute atomic E-state index is 13.0. The molecule has 0 aliphatic heterocycles. The van der Waals surface area contributed by atoms with E-state index in [1.807, 2.05) is 0 Å². The third kappa shape index (κ3) is 60.1. The average Bonchev–Trinajstić information content (AvgIpc) is 3.64. The Hall–Kier alpha value is -1.94. The minimum absolute atomic E-state index is 0.103. The van der Waals surface area contributed by atoms with Gasteiger partial charge in [0.2, 0.25) is 0 Å². The number of esters is 4. The van der Waals surface area contributed by atoms with Crippen molar-refractivity contribution in [2.45, 2.75) is 356 Å². The molecule has 0 rings (SSSR count). The lowest BCUT2D eigenvalue weighted by Crippen LogP contribution is -2.30. The number of carbonyl (C=O) groups is 4. The first-order valence-electron chi connectivity index (χ1n) is 35.4. The van der Waals surface area contributed by atoms with Gasteiger partial charge in [0.05, 0.1) is 26.4 Å². The highest BCUT2D eigenvalue weighted by Crippen LogP contribution is 2.45. The van der Waals surface area contributed by atoms with Crippen molar-refractivity contribution in [3.8, 4) is 0 Å². The zero-order chi connectivity index (χ0) is 64.5. The Morgan fingerprint density at radius 1 is 0.333 bits per heavy atom. The predicted molar refractivity (Wildman–Crippen MR) is 349 cm³/mol. The summed E-state index contributed by atoms with van der Waals surface area (Å²) in [6, 6.07) is 0. The quantitative estimate of drug-likeness (QED) is 0.0222. The molecule has 0 spiro atoms. The number of rotatable bonds is 66. The Kier molecular flexibility index (Phi) is 57.8. The summed E-state index contributed by atoms with van der Waals surface area (Å²) in [6.07, 6.45) is 41.6. The lowest BCUT2D eigenvalue weighted by atomic mass is 9.99. The summed E-state index contributed by atoms with van der Waals surface area (Å²) in [6.45, 7) is 11.8. The first-order chi connectivity index (χ1) is 41.8. The molecule has 3 N–H and O–H groups in total. The molecule has 0 saturated heterocycles. The second kappa shape index (κ2) is 59.1. The summed E-state index contributed by atoms with van der Waals surface area (Å²) < 4.78 is 68.2. The maximum Gasteiger partial charge on any atom is 0.472 e. The van der Waals surface area contributed by atoms with Crippen molar-refractivity contribution >= 4 is 39.5 Å². The van der Waals surface area contributed by atoms with E-state index >= 15 is 0 Å². The van der Waals surface area contributed by atoms with Gasteiger partial charge in [0.15, 0.2) is 12.2 Å². The second-order valence-electron chi connectivity index (χ2n) is 25.5. The number of ether oxygens (including phenoxy) is 4. The molecule has 0 aromatic rings. The number of phosphoric ester groups is 2. The summed E-state index contributed by atoms with van der Waals surface area (Å²) >= 11 is 0. The van der Waals surface area contributed by atoms with Gasteiger partial charge in [-0.05, 0) is 43.4 Å². The van der Waals surface area contributed by atoms with E-state index in [0.29, 0.717) is 25.7 Å². The zero-order valence-electron chi connectivity index (χ0n) is 56.5. The van der Waals surface area contributed by atoms with Crippen LogP contribution >= 0.6 is 15.6 Å². The fraction of sp³-hybridized carbons (Fsp3) is 0.941. The van der Waals surface area contributed by atoms with Crippen molar-refractivity contribution < 1.29 is 80.2 Å².